The highest BCUT2D eigenvalue weighted by molar-refractivity contribution is 6.68. The maximum atomic E-state index is 13.9. The topological polar surface area (TPSA) is 17.1 Å². The molecule has 2 aromatic carbocycles. The van der Waals surface area contributed by atoms with E-state index in [1.165, 1.54) is 18.2 Å². The summed E-state index contributed by atoms with van der Waals surface area (Å²) in [6.07, 6.45) is 0. The first-order chi connectivity index (χ1) is 8.52. The van der Waals surface area contributed by atoms with Crippen LogP contribution in [-0.2, 0) is 0 Å². The van der Waals surface area contributed by atoms with Crippen LogP contribution in [0.15, 0.2) is 36.4 Å². The van der Waals surface area contributed by atoms with Gasteiger partial charge in [0.1, 0.15) is 5.82 Å². The van der Waals surface area contributed by atoms with Crippen LogP contribution in [0, 0.1) is 5.82 Å². The molecule has 0 spiro atoms. The number of halogens is 4. The van der Waals surface area contributed by atoms with Crippen LogP contribution in [0.3, 0.4) is 0 Å². The summed E-state index contributed by atoms with van der Waals surface area (Å²) in [5.41, 5.74) is 0.322. The van der Waals surface area contributed by atoms with Crippen LogP contribution < -0.4 is 0 Å². The van der Waals surface area contributed by atoms with E-state index in [1.54, 1.807) is 18.2 Å². The molecule has 0 aromatic heterocycles. The van der Waals surface area contributed by atoms with Crippen molar-refractivity contribution in [2.24, 2.45) is 0 Å². The highest BCUT2D eigenvalue weighted by Gasteiger charge is 2.19. The molecule has 0 atom stereocenters. The SMILES string of the molecule is O=C(Cl)c1cccc(F)c1-c1c(Cl)cccc1Cl. The molecule has 0 fully saturated rings. The molecule has 0 aliphatic carbocycles. The molecule has 0 amide bonds. The van der Waals surface area contributed by atoms with Gasteiger partial charge in [0.2, 0.25) is 0 Å². The molecule has 0 aliphatic heterocycles. The van der Waals surface area contributed by atoms with Crippen molar-refractivity contribution in [1.82, 2.24) is 0 Å². The van der Waals surface area contributed by atoms with E-state index in [-0.39, 0.29) is 26.7 Å². The third kappa shape index (κ3) is 2.37. The summed E-state index contributed by atoms with van der Waals surface area (Å²) in [4.78, 5) is 11.3. The number of hydrogen-bond donors (Lipinski definition) is 0. The van der Waals surface area contributed by atoms with E-state index in [2.05, 4.69) is 0 Å². The minimum Gasteiger partial charge on any atom is -0.276 e. The van der Waals surface area contributed by atoms with Gasteiger partial charge >= 0.3 is 0 Å². The molecule has 2 aromatic rings. The van der Waals surface area contributed by atoms with Crippen molar-refractivity contribution < 1.29 is 9.18 Å². The summed E-state index contributed by atoms with van der Waals surface area (Å²) in [6, 6.07) is 8.82. The van der Waals surface area contributed by atoms with Gasteiger partial charge in [0, 0.05) is 16.7 Å². The van der Waals surface area contributed by atoms with E-state index in [0.29, 0.717) is 0 Å². The van der Waals surface area contributed by atoms with Crippen LogP contribution in [0.5, 0.6) is 0 Å². The molecule has 0 N–H and O–H groups in total. The minimum absolute atomic E-state index is 0.0214. The van der Waals surface area contributed by atoms with Gasteiger partial charge in [-0.2, -0.15) is 0 Å². The average molecular weight is 304 g/mol. The highest BCUT2D eigenvalue weighted by atomic mass is 35.5. The molecule has 0 unspecified atom stereocenters. The Balaban J connectivity index is 2.82. The lowest BCUT2D eigenvalue weighted by Crippen LogP contribution is -1.98. The van der Waals surface area contributed by atoms with E-state index in [0.717, 1.165) is 0 Å². The number of carbonyl (C=O) groups excluding carboxylic acids is 1. The van der Waals surface area contributed by atoms with Crippen LogP contribution in [0.4, 0.5) is 4.39 Å². The molecule has 0 bridgehead atoms. The van der Waals surface area contributed by atoms with Gasteiger partial charge in [-0.15, -0.1) is 0 Å². The van der Waals surface area contributed by atoms with Crippen molar-refractivity contribution in [2.75, 3.05) is 0 Å². The van der Waals surface area contributed by atoms with Gasteiger partial charge in [0.15, 0.2) is 0 Å². The Morgan fingerprint density at radius 2 is 1.50 bits per heavy atom. The van der Waals surface area contributed by atoms with Crippen molar-refractivity contribution >= 4 is 40.0 Å². The third-order valence-corrected chi connectivity index (χ3v) is 3.27. The summed E-state index contributed by atoms with van der Waals surface area (Å²) in [5.74, 6) is -0.600. The van der Waals surface area contributed by atoms with Crippen molar-refractivity contribution in [3.05, 3.63) is 57.8 Å². The standard InChI is InChI=1S/C13H6Cl3FO/c14-8-4-2-5-9(15)12(8)11-7(13(16)18)3-1-6-10(11)17/h1-6H. The molecule has 0 aliphatic rings. The second kappa shape index (κ2) is 5.27. The molecule has 0 radical (unpaired) electrons. The van der Waals surface area contributed by atoms with Crippen LogP contribution in [-0.4, -0.2) is 5.24 Å². The zero-order valence-corrected chi connectivity index (χ0v) is 11.2. The zero-order chi connectivity index (χ0) is 13.3. The van der Waals surface area contributed by atoms with Crippen molar-refractivity contribution in [3.8, 4) is 11.1 Å². The summed E-state index contributed by atoms with van der Waals surface area (Å²) >= 11 is 17.5. The van der Waals surface area contributed by atoms with E-state index >= 15 is 0 Å². The van der Waals surface area contributed by atoms with Gasteiger partial charge in [-0.3, -0.25) is 4.79 Å². The van der Waals surface area contributed by atoms with Crippen LogP contribution in [0.25, 0.3) is 11.1 Å². The normalized spacial score (nSPS) is 10.4. The maximum absolute atomic E-state index is 13.9. The van der Waals surface area contributed by atoms with Crippen LogP contribution in [0.2, 0.25) is 10.0 Å². The first-order valence-electron chi connectivity index (χ1n) is 4.95. The van der Waals surface area contributed by atoms with Crippen LogP contribution in [0.1, 0.15) is 10.4 Å². The number of rotatable bonds is 2. The predicted molar refractivity (Wildman–Crippen MR) is 72.0 cm³/mol. The van der Waals surface area contributed by atoms with Crippen LogP contribution >= 0.6 is 34.8 Å². The molecule has 2 rings (SSSR count). The summed E-state index contributed by atoms with van der Waals surface area (Å²) in [5, 5.41) is -0.251. The first kappa shape index (κ1) is 13.3. The molecule has 0 saturated heterocycles. The summed E-state index contributed by atoms with van der Waals surface area (Å²) in [6.45, 7) is 0. The van der Waals surface area contributed by atoms with Gasteiger partial charge in [0.25, 0.3) is 5.24 Å². The Hall–Kier alpha value is -1.09. The Bertz CT molecular complexity index is 605. The highest BCUT2D eigenvalue weighted by Crippen LogP contribution is 2.38. The Morgan fingerprint density at radius 1 is 0.944 bits per heavy atom. The van der Waals surface area contributed by atoms with E-state index in [9.17, 15) is 9.18 Å². The van der Waals surface area contributed by atoms with Gasteiger partial charge in [-0.1, -0.05) is 35.3 Å². The fourth-order valence-corrected chi connectivity index (χ4v) is 2.42. The largest absolute Gasteiger partial charge is 0.276 e. The van der Waals surface area contributed by atoms with Gasteiger partial charge in [0.05, 0.1) is 10.0 Å². The minimum atomic E-state index is -0.763. The molecule has 0 heterocycles. The number of hydrogen-bond acceptors (Lipinski definition) is 1. The second-order valence-corrected chi connectivity index (χ2v) is 4.69. The van der Waals surface area contributed by atoms with Crippen molar-refractivity contribution in [3.63, 3.8) is 0 Å². The molecule has 0 saturated carbocycles. The van der Waals surface area contributed by atoms with Crippen molar-refractivity contribution in [1.29, 1.82) is 0 Å². The van der Waals surface area contributed by atoms with Gasteiger partial charge < -0.3 is 0 Å². The monoisotopic (exact) mass is 302 g/mol. The smallest absolute Gasteiger partial charge is 0.253 e. The van der Waals surface area contributed by atoms with E-state index in [1.807, 2.05) is 0 Å². The predicted octanol–water partition coefficient (Wildman–Crippen LogP) is 5.18. The molecule has 5 heteroatoms. The lowest BCUT2D eigenvalue weighted by atomic mass is 9.99. The Morgan fingerprint density at radius 3 is 2.06 bits per heavy atom. The Kier molecular flexibility index (Phi) is 3.91. The molecular weight excluding hydrogens is 297 g/mol. The number of benzene rings is 2. The fraction of sp³-hybridized carbons (Fsp3) is 0. The molecular formula is C13H6Cl3FO. The van der Waals surface area contributed by atoms with Gasteiger partial charge in [-0.25, -0.2) is 4.39 Å². The van der Waals surface area contributed by atoms with Crippen molar-refractivity contribution in [2.45, 2.75) is 0 Å². The second-order valence-electron chi connectivity index (χ2n) is 3.53. The average Bonchev–Trinajstić information content (AvgIpc) is 2.30. The maximum Gasteiger partial charge on any atom is 0.253 e. The molecule has 1 nitrogen and oxygen atoms in total. The molecule has 92 valence electrons. The number of carbonyl (C=O) groups is 1. The summed E-state index contributed by atoms with van der Waals surface area (Å²) in [7, 11) is 0. The first-order valence-corrected chi connectivity index (χ1v) is 6.08. The summed E-state index contributed by atoms with van der Waals surface area (Å²) < 4.78 is 13.9. The zero-order valence-electron chi connectivity index (χ0n) is 8.88. The quantitative estimate of drug-likeness (QED) is 0.699. The molecule has 18 heavy (non-hydrogen) atoms. The van der Waals surface area contributed by atoms with Gasteiger partial charge in [-0.05, 0) is 35.9 Å². The fourth-order valence-electron chi connectivity index (χ4n) is 1.68. The third-order valence-electron chi connectivity index (χ3n) is 2.44. The Labute approximate surface area is 118 Å². The van der Waals surface area contributed by atoms with E-state index in [4.69, 9.17) is 34.8 Å². The van der Waals surface area contributed by atoms with E-state index < -0.39 is 11.1 Å². The lowest BCUT2D eigenvalue weighted by Gasteiger charge is -2.11. The lowest BCUT2D eigenvalue weighted by molar-refractivity contribution is 0.108.